The first kappa shape index (κ1) is 83.4. The standard InChI is InChI=1S/C47H26N4O.C46H30N4.C43H23N3O2/c1-3-11-28(12-4-1)45-48-46(29-13-5-2-6-14-29)50-47(49-45)35-26-31(25-30-15-7-8-16-32(30)35)51-36-19-9-17-33-34-18-10-20-38-42(34)44-39(52-38)24-22-27-21-23-37(51)43(40(27)44)41(33)36;1-46(2)33-20-11-18-30-31-19-12-22-36-40(31)42-37(26-24-27-23-25-34(46)41(38(27)42)39(30)33)50(36)35-21-10-9-17-32(35)45-48-43(28-13-5-3-6-14-28)47-44(49-45)29-15-7-4-8-16-29;1-3-10-25(11-4-1)41-44-42(26-12-5-2-6-13-26)46-43(45-41)29-15-8-7-14-27(29)28-20-23-34-40-36(28)30-16-9-17-31-37(30)38-32(47-31)21-18-24-19-22-33(48-34)39(40)35(24)38/h1-26H;3-26H,1-2H3;1-23H. The Morgan fingerprint density at radius 1 is 0.180 bits per heavy atom. The fraction of sp³-hybridized carbons (Fsp3) is 0.0221. The molecule has 8 heterocycles. The van der Waals surface area contributed by atoms with E-state index in [1.165, 1.54) is 120 Å². The van der Waals surface area contributed by atoms with Crippen molar-refractivity contribution in [2.24, 2.45) is 0 Å². The van der Waals surface area contributed by atoms with E-state index in [2.05, 4.69) is 332 Å². The Morgan fingerprint density at radius 3 is 1.07 bits per heavy atom. The molecule has 0 radical (unpaired) electrons. The minimum absolute atomic E-state index is 0.0802. The zero-order valence-electron chi connectivity index (χ0n) is 80.8. The van der Waals surface area contributed by atoms with Gasteiger partial charge in [0, 0.05) is 131 Å². The maximum atomic E-state index is 6.56. The molecule has 34 rings (SSSR count). The van der Waals surface area contributed by atoms with Crippen LogP contribution in [0, 0.1) is 0 Å². The quantitative estimate of drug-likeness (QED) is 0.114. The van der Waals surface area contributed by atoms with E-state index >= 15 is 0 Å². The lowest BCUT2D eigenvalue weighted by molar-refractivity contribution is 0.661. The Labute approximate surface area is 856 Å². The number of furan rings is 3. The van der Waals surface area contributed by atoms with Crippen molar-refractivity contribution in [1.29, 1.82) is 0 Å². The predicted octanol–water partition coefficient (Wildman–Crippen LogP) is 35.0. The molecule has 150 heavy (non-hydrogen) atoms. The number of nitrogens with zero attached hydrogens (tertiary/aromatic N) is 11. The highest BCUT2D eigenvalue weighted by molar-refractivity contribution is 6.40. The third kappa shape index (κ3) is 12.3. The van der Waals surface area contributed by atoms with Crippen LogP contribution in [0.25, 0.3) is 322 Å². The topological polar surface area (TPSA) is 165 Å². The molecule has 0 spiro atoms. The van der Waals surface area contributed by atoms with Crippen molar-refractivity contribution >= 4 is 153 Å². The second kappa shape index (κ2) is 32.0. The maximum Gasteiger partial charge on any atom is 0.166 e. The molecule has 30 aromatic rings. The summed E-state index contributed by atoms with van der Waals surface area (Å²) in [6.07, 6.45) is 0. The van der Waals surface area contributed by atoms with Gasteiger partial charge in [-0.1, -0.05) is 366 Å². The van der Waals surface area contributed by atoms with E-state index in [0.717, 1.165) is 161 Å². The van der Waals surface area contributed by atoms with Crippen molar-refractivity contribution in [2.75, 3.05) is 0 Å². The van der Waals surface area contributed by atoms with Gasteiger partial charge in [0.25, 0.3) is 0 Å². The van der Waals surface area contributed by atoms with Crippen LogP contribution in [-0.2, 0) is 5.41 Å². The zero-order chi connectivity index (χ0) is 98.4. The Morgan fingerprint density at radius 2 is 0.520 bits per heavy atom. The van der Waals surface area contributed by atoms with Crippen LogP contribution in [0.5, 0.6) is 0 Å². The number of fused-ring (bicyclic) bond motifs is 4. The van der Waals surface area contributed by atoms with Gasteiger partial charge >= 0.3 is 0 Å². The summed E-state index contributed by atoms with van der Waals surface area (Å²) in [6.45, 7) is 4.75. The normalized spacial score (nSPS) is 12.7. The van der Waals surface area contributed by atoms with Crippen LogP contribution < -0.4 is 0 Å². The summed E-state index contributed by atoms with van der Waals surface area (Å²) in [5.41, 5.74) is 35.5. The van der Waals surface area contributed by atoms with Crippen LogP contribution in [0.15, 0.2) is 456 Å². The van der Waals surface area contributed by atoms with Gasteiger partial charge in [-0.2, -0.15) is 0 Å². The number of aromatic nitrogens is 11. The van der Waals surface area contributed by atoms with Gasteiger partial charge in [-0.3, -0.25) is 0 Å². The minimum Gasteiger partial charge on any atom is -0.456 e. The van der Waals surface area contributed by atoms with Crippen molar-refractivity contribution in [2.45, 2.75) is 19.3 Å². The molecule has 0 aliphatic heterocycles. The van der Waals surface area contributed by atoms with Gasteiger partial charge in [-0.05, 0) is 185 Å². The molecular formula is C136H79N11O3. The van der Waals surface area contributed by atoms with Crippen LogP contribution in [0.4, 0.5) is 0 Å². The smallest absolute Gasteiger partial charge is 0.166 e. The number of benzene rings is 22. The highest BCUT2D eigenvalue weighted by Gasteiger charge is 2.42. The van der Waals surface area contributed by atoms with Gasteiger partial charge in [0.2, 0.25) is 0 Å². The van der Waals surface area contributed by atoms with Crippen LogP contribution in [0.2, 0.25) is 0 Å². The number of hydrogen-bond acceptors (Lipinski definition) is 12. The minimum atomic E-state index is -0.0802. The van der Waals surface area contributed by atoms with E-state index in [4.69, 9.17) is 58.1 Å². The van der Waals surface area contributed by atoms with Crippen LogP contribution >= 0.6 is 0 Å². The molecule has 0 saturated carbocycles. The lowest BCUT2D eigenvalue weighted by atomic mass is 9.81. The van der Waals surface area contributed by atoms with Gasteiger partial charge in [-0.25, -0.2) is 44.9 Å². The van der Waals surface area contributed by atoms with Gasteiger partial charge < -0.3 is 22.4 Å². The van der Waals surface area contributed by atoms with Crippen molar-refractivity contribution in [1.82, 2.24) is 54.0 Å². The Bertz CT molecular complexity index is 10900. The summed E-state index contributed by atoms with van der Waals surface area (Å²) < 4.78 is 24.4. The molecule has 0 N–H and O–H groups in total. The van der Waals surface area contributed by atoms with Crippen LogP contribution in [0.3, 0.4) is 0 Å². The summed E-state index contributed by atoms with van der Waals surface area (Å²) >= 11 is 0. The third-order valence-corrected chi connectivity index (χ3v) is 31.4. The monoisotopic (exact) mass is 1910 g/mol. The Balaban J connectivity index is 0.0000000994. The zero-order valence-corrected chi connectivity index (χ0v) is 80.8. The van der Waals surface area contributed by atoms with Crippen molar-refractivity contribution in [3.8, 4) is 169 Å². The number of hydrogen-bond donors (Lipinski definition) is 0. The summed E-state index contributed by atoms with van der Waals surface area (Å²) in [4.78, 5) is 45.7. The molecule has 8 aromatic heterocycles. The van der Waals surface area contributed by atoms with Crippen LogP contribution in [0.1, 0.15) is 25.0 Å². The van der Waals surface area contributed by atoms with E-state index in [1.807, 2.05) is 133 Å². The van der Waals surface area contributed by atoms with E-state index < -0.39 is 0 Å². The molecule has 0 unspecified atom stereocenters. The molecule has 22 aromatic carbocycles. The van der Waals surface area contributed by atoms with Crippen LogP contribution in [-0.4, -0.2) is 54.0 Å². The van der Waals surface area contributed by atoms with Gasteiger partial charge in [0.1, 0.15) is 33.5 Å². The second-order valence-corrected chi connectivity index (χ2v) is 39.9. The Hall–Kier alpha value is -20.1. The molecule has 0 saturated heterocycles. The van der Waals surface area contributed by atoms with E-state index in [-0.39, 0.29) is 5.41 Å². The number of para-hydroxylation sites is 1. The largest absolute Gasteiger partial charge is 0.456 e. The summed E-state index contributed by atoms with van der Waals surface area (Å²) in [5.74, 6) is 5.75. The molecule has 14 nitrogen and oxygen atoms in total. The maximum absolute atomic E-state index is 6.56. The highest BCUT2D eigenvalue weighted by Crippen LogP contribution is 2.61. The molecular weight excluding hydrogens is 1840 g/mol. The molecule has 696 valence electrons. The molecule has 0 bridgehead atoms. The first-order valence-electron chi connectivity index (χ1n) is 50.8. The first-order chi connectivity index (χ1) is 74.2. The fourth-order valence-corrected chi connectivity index (χ4v) is 24.9. The average molecular weight is 1920 g/mol. The van der Waals surface area contributed by atoms with Crippen molar-refractivity contribution in [3.63, 3.8) is 0 Å². The lowest BCUT2D eigenvalue weighted by Crippen LogP contribution is -2.14. The van der Waals surface area contributed by atoms with Crippen molar-refractivity contribution < 1.29 is 13.3 Å². The van der Waals surface area contributed by atoms with E-state index in [9.17, 15) is 0 Å². The fourth-order valence-electron chi connectivity index (χ4n) is 24.9. The summed E-state index contributed by atoms with van der Waals surface area (Å²) in [5, 5.41) is 21.6. The second-order valence-electron chi connectivity index (χ2n) is 39.9. The Kier molecular flexibility index (Phi) is 17.8. The first-order valence-corrected chi connectivity index (χ1v) is 50.8. The molecule has 0 amide bonds. The number of rotatable bonds is 12. The highest BCUT2D eigenvalue weighted by atomic mass is 16.3. The lowest BCUT2D eigenvalue weighted by Gasteiger charge is -2.22. The predicted molar refractivity (Wildman–Crippen MR) is 609 cm³/mol. The van der Waals surface area contributed by atoms with E-state index in [0.29, 0.717) is 52.4 Å². The average Bonchev–Trinajstić information content (AvgIpc) is 1.51. The van der Waals surface area contributed by atoms with Gasteiger partial charge in [-0.15, -0.1) is 0 Å². The molecule has 0 fully saturated rings. The van der Waals surface area contributed by atoms with Gasteiger partial charge in [0.05, 0.1) is 27.8 Å². The SMILES string of the molecule is CC1(C)c2cccc3c2-c2c1ccc1ccc4c(c21)c1c-3cccc1n4-c1ccccc1-c1nc(-c2ccccc2)nc(-c2ccccc2)n1.c1ccc(-c2nc(-c3ccccc3)nc(-c3cc(-n4c5cccc6c5c5c7c(ccc8oc9cccc-6c9c87)ccc54)cc4ccccc34)n2)cc1.c1ccc(-c2nc(-c3ccccc3)nc(-c3ccccc3-c3ccc4oc5ccc6ccc7oc8cccc9c8c7c6c5c4c3-9)n2)cc1. The molecule has 0 atom stereocenters. The summed E-state index contributed by atoms with van der Waals surface area (Å²) in [7, 11) is 0. The van der Waals surface area contributed by atoms with E-state index in [1.54, 1.807) is 0 Å². The third-order valence-electron chi connectivity index (χ3n) is 31.4. The van der Waals surface area contributed by atoms with Gasteiger partial charge in [0.15, 0.2) is 52.4 Å². The molecule has 4 aliphatic carbocycles. The molecule has 4 aliphatic rings. The molecule has 14 heteroatoms. The van der Waals surface area contributed by atoms with Crippen molar-refractivity contribution in [3.05, 3.63) is 454 Å². The summed E-state index contributed by atoms with van der Waals surface area (Å²) in [6, 6.07) is 155.